The number of nitrogens with zero attached hydrogens (tertiary/aromatic N) is 1. The first-order valence-electron chi connectivity index (χ1n) is 9.73. The summed E-state index contributed by atoms with van der Waals surface area (Å²) in [4.78, 5) is 31.1. The first-order chi connectivity index (χ1) is 14.5. The highest BCUT2D eigenvalue weighted by molar-refractivity contribution is 6.31. The third-order valence-corrected chi connectivity index (χ3v) is 6.21. The molecule has 2 aromatic carbocycles. The van der Waals surface area contributed by atoms with Gasteiger partial charge in [-0.25, -0.2) is 9.36 Å². The van der Waals surface area contributed by atoms with Crippen LogP contribution in [0.3, 0.4) is 0 Å². The van der Waals surface area contributed by atoms with Crippen molar-refractivity contribution in [1.82, 2.24) is 14.5 Å². The van der Waals surface area contributed by atoms with Crippen LogP contribution in [0.2, 0.25) is 5.02 Å². The van der Waals surface area contributed by atoms with E-state index in [1.54, 1.807) is 18.2 Å². The Balaban J connectivity index is 1.74. The van der Waals surface area contributed by atoms with Crippen LogP contribution in [0.15, 0.2) is 52.1 Å². The van der Waals surface area contributed by atoms with Gasteiger partial charge in [0.2, 0.25) is 5.88 Å². The molecule has 0 saturated heterocycles. The fourth-order valence-corrected chi connectivity index (χ4v) is 4.48. The number of H-pyrrole nitrogens is 2. The zero-order valence-electron chi connectivity index (χ0n) is 16.2. The summed E-state index contributed by atoms with van der Waals surface area (Å²) >= 11 is 6.22. The van der Waals surface area contributed by atoms with Crippen molar-refractivity contribution in [2.24, 2.45) is 0 Å². The maximum absolute atomic E-state index is 12.8. The van der Waals surface area contributed by atoms with Crippen molar-refractivity contribution >= 4 is 22.5 Å². The molecule has 5 rings (SSSR count). The van der Waals surface area contributed by atoms with E-state index < -0.39 is 17.3 Å². The molecule has 1 aliphatic rings. The van der Waals surface area contributed by atoms with Gasteiger partial charge in [0, 0.05) is 22.3 Å². The fraction of sp³-hybridized carbons (Fsp3) is 0.182. The SMILES string of the molecule is Cc1ccc(-n2c(O)c([C@@H]3[NH2+]CCc4c3[nH]c3ccccc43)c(=O)[nH]c2=O)cc1Cl. The van der Waals surface area contributed by atoms with Crippen molar-refractivity contribution in [2.45, 2.75) is 19.4 Å². The molecule has 0 aliphatic carbocycles. The number of benzene rings is 2. The summed E-state index contributed by atoms with van der Waals surface area (Å²) in [6, 6.07) is 12.6. The van der Waals surface area contributed by atoms with E-state index in [2.05, 4.69) is 9.97 Å². The van der Waals surface area contributed by atoms with Gasteiger partial charge in [0.15, 0.2) is 6.04 Å². The van der Waals surface area contributed by atoms with Crippen LogP contribution in [-0.2, 0) is 6.42 Å². The molecule has 7 nitrogen and oxygen atoms in total. The van der Waals surface area contributed by atoms with Crippen molar-refractivity contribution in [3.8, 4) is 11.6 Å². The second-order valence-corrected chi connectivity index (χ2v) is 7.99. The van der Waals surface area contributed by atoms with E-state index >= 15 is 0 Å². The van der Waals surface area contributed by atoms with Gasteiger partial charge in [0.1, 0.15) is 5.56 Å². The molecule has 0 radical (unpaired) electrons. The van der Waals surface area contributed by atoms with E-state index in [0.717, 1.165) is 45.3 Å². The molecular formula is C22H20ClN4O3+. The summed E-state index contributed by atoms with van der Waals surface area (Å²) in [5, 5.41) is 14.7. The van der Waals surface area contributed by atoms with Gasteiger partial charge in [0.25, 0.3) is 5.56 Å². The van der Waals surface area contributed by atoms with Gasteiger partial charge < -0.3 is 15.4 Å². The van der Waals surface area contributed by atoms with E-state index in [1.807, 2.05) is 36.5 Å². The Morgan fingerprint density at radius 1 is 1.17 bits per heavy atom. The van der Waals surface area contributed by atoms with Crippen LogP contribution in [0.25, 0.3) is 16.6 Å². The van der Waals surface area contributed by atoms with Crippen LogP contribution in [0.5, 0.6) is 5.88 Å². The molecule has 3 heterocycles. The predicted molar refractivity (Wildman–Crippen MR) is 115 cm³/mol. The second kappa shape index (κ2) is 6.90. The summed E-state index contributed by atoms with van der Waals surface area (Å²) in [5.74, 6) is -0.378. The third-order valence-electron chi connectivity index (χ3n) is 5.80. The lowest BCUT2D eigenvalue weighted by Crippen LogP contribution is -2.87. The molecule has 1 aliphatic heterocycles. The number of fused-ring (bicyclic) bond motifs is 3. The number of aromatic nitrogens is 3. The molecule has 8 heteroatoms. The molecule has 0 bridgehead atoms. The molecule has 0 fully saturated rings. The van der Waals surface area contributed by atoms with Crippen LogP contribution in [0, 0.1) is 6.92 Å². The number of aromatic amines is 2. The van der Waals surface area contributed by atoms with Crippen molar-refractivity contribution < 1.29 is 10.4 Å². The van der Waals surface area contributed by atoms with Gasteiger partial charge >= 0.3 is 5.69 Å². The van der Waals surface area contributed by atoms with E-state index in [1.165, 1.54) is 0 Å². The minimum absolute atomic E-state index is 0.138. The summed E-state index contributed by atoms with van der Waals surface area (Å²) in [6.45, 7) is 2.61. The number of hydrogen-bond acceptors (Lipinski definition) is 3. The molecule has 2 aromatic heterocycles. The largest absolute Gasteiger partial charge is 0.494 e. The van der Waals surface area contributed by atoms with Crippen LogP contribution in [0.1, 0.15) is 28.4 Å². The van der Waals surface area contributed by atoms with Crippen LogP contribution in [0.4, 0.5) is 0 Å². The number of para-hydroxylation sites is 1. The van der Waals surface area contributed by atoms with Gasteiger partial charge in [-0.15, -0.1) is 0 Å². The molecule has 0 saturated carbocycles. The quantitative estimate of drug-likeness (QED) is 0.395. The second-order valence-electron chi connectivity index (χ2n) is 7.58. The Labute approximate surface area is 176 Å². The third kappa shape index (κ3) is 2.78. The van der Waals surface area contributed by atoms with Crippen molar-refractivity contribution in [2.75, 3.05) is 6.54 Å². The summed E-state index contributed by atoms with van der Waals surface area (Å²) < 4.78 is 1.09. The van der Waals surface area contributed by atoms with E-state index in [9.17, 15) is 14.7 Å². The van der Waals surface area contributed by atoms with Crippen LogP contribution >= 0.6 is 11.6 Å². The van der Waals surface area contributed by atoms with Crippen molar-refractivity contribution in [1.29, 1.82) is 0 Å². The molecule has 0 amide bonds. The fourth-order valence-electron chi connectivity index (χ4n) is 4.31. The smallest absolute Gasteiger partial charge is 0.335 e. The molecule has 4 aromatic rings. The molecule has 152 valence electrons. The van der Waals surface area contributed by atoms with Crippen LogP contribution in [-0.4, -0.2) is 26.2 Å². The summed E-state index contributed by atoms with van der Waals surface area (Å²) in [7, 11) is 0. The lowest BCUT2D eigenvalue weighted by molar-refractivity contribution is -0.690. The molecule has 0 unspecified atom stereocenters. The molecular weight excluding hydrogens is 404 g/mol. The normalized spacial score (nSPS) is 16.0. The van der Waals surface area contributed by atoms with Crippen molar-refractivity contribution in [3.05, 3.63) is 90.7 Å². The Hall–Kier alpha value is -3.29. The number of nitrogens with two attached hydrogens (primary N) is 1. The monoisotopic (exact) mass is 423 g/mol. The lowest BCUT2D eigenvalue weighted by Gasteiger charge is -2.22. The Morgan fingerprint density at radius 3 is 2.77 bits per heavy atom. The summed E-state index contributed by atoms with van der Waals surface area (Å²) in [5.41, 5.74) is 3.05. The number of rotatable bonds is 2. The summed E-state index contributed by atoms with van der Waals surface area (Å²) in [6.07, 6.45) is 0.849. The number of aromatic hydroxyl groups is 1. The number of nitrogens with one attached hydrogen (secondary N) is 2. The number of aryl methyl sites for hydroxylation is 1. The number of halogens is 1. The minimum Gasteiger partial charge on any atom is -0.494 e. The lowest BCUT2D eigenvalue weighted by atomic mass is 9.95. The van der Waals surface area contributed by atoms with Crippen molar-refractivity contribution in [3.63, 3.8) is 0 Å². The zero-order chi connectivity index (χ0) is 21.0. The Kier molecular flexibility index (Phi) is 4.30. The Bertz CT molecular complexity index is 1420. The molecule has 30 heavy (non-hydrogen) atoms. The predicted octanol–water partition coefficient (Wildman–Crippen LogP) is 1.88. The highest BCUT2D eigenvalue weighted by Crippen LogP contribution is 2.32. The first kappa shape index (κ1) is 18.7. The van der Waals surface area contributed by atoms with Gasteiger partial charge in [-0.2, -0.15) is 0 Å². The van der Waals surface area contributed by atoms with E-state index in [4.69, 9.17) is 11.6 Å². The first-order valence-corrected chi connectivity index (χ1v) is 10.1. The minimum atomic E-state index is -0.714. The van der Waals surface area contributed by atoms with E-state index in [0.29, 0.717) is 10.7 Å². The topological polar surface area (TPSA) is 107 Å². The molecule has 0 spiro atoms. The number of quaternary nitrogens is 1. The number of hydrogen-bond donors (Lipinski definition) is 4. The van der Waals surface area contributed by atoms with Gasteiger partial charge in [-0.3, -0.25) is 9.78 Å². The molecule has 5 N–H and O–H groups in total. The molecule has 1 atom stereocenters. The average Bonchev–Trinajstić information content (AvgIpc) is 3.10. The maximum Gasteiger partial charge on any atom is 0.335 e. The van der Waals surface area contributed by atoms with E-state index in [-0.39, 0.29) is 11.4 Å². The maximum atomic E-state index is 12.8. The standard InChI is InChI=1S/C22H19ClN4O3/c1-11-6-7-12(10-15(11)23)27-21(29)17(20(28)26-22(27)30)19-18-14(8-9-24-19)13-4-2-3-5-16(13)25-18/h2-7,10,19,24-25,29H,8-9H2,1H3,(H,26,28,30)/p+1/t19-/m0/s1. The van der Waals surface area contributed by atoms with Gasteiger partial charge in [0.05, 0.1) is 17.9 Å². The zero-order valence-corrected chi connectivity index (χ0v) is 17.0. The highest BCUT2D eigenvalue weighted by Gasteiger charge is 2.34. The van der Waals surface area contributed by atoms with Gasteiger partial charge in [-0.05, 0) is 36.2 Å². The van der Waals surface area contributed by atoms with Gasteiger partial charge in [-0.1, -0.05) is 35.9 Å². The Morgan fingerprint density at radius 2 is 1.97 bits per heavy atom. The van der Waals surface area contributed by atoms with Crippen LogP contribution < -0.4 is 16.6 Å². The average molecular weight is 424 g/mol. The highest BCUT2D eigenvalue weighted by atomic mass is 35.5.